The molecule has 0 unspecified atom stereocenters. The van der Waals surface area contributed by atoms with Gasteiger partial charge in [0.2, 0.25) is 0 Å². The normalized spacial score (nSPS) is 11.4. The quantitative estimate of drug-likeness (QED) is 0.200. The Bertz CT molecular complexity index is 2220. The number of rotatable bonds is 4. The molecule has 202 valence electrons. The van der Waals surface area contributed by atoms with E-state index >= 15 is 0 Å². The molecule has 0 aliphatic heterocycles. The Hall–Kier alpha value is -5.53. The summed E-state index contributed by atoms with van der Waals surface area (Å²) in [6.45, 7) is 2.17. The lowest BCUT2D eigenvalue weighted by atomic mass is 9.85. The summed E-state index contributed by atoms with van der Waals surface area (Å²) in [6, 6.07) is 53.1. The van der Waals surface area contributed by atoms with Crippen LogP contribution in [0.3, 0.4) is 0 Å². The van der Waals surface area contributed by atoms with E-state index in [1.54, 1.807) is 0 Å². The van der Waals surface area contributed by atoms with Crippen LogP contribution in [0.5, 0.6) is 0 Å². The van der Waals surface area contributed by atoms with Crippen LogP contribution in [0.15, 0.2) is 158 Å². The highest BCUT2D eigenvalue weighted by Gasteiger charge is 2.16. The van der Waals surface area contributed by atoms with Gasteiger partial charge in [0, 0.05) is 12.4 Å². The highest BCUT2D eigenvalue weighted by Crippen LogP contribution is 2.44. The van der Waals surface area contributed by atoms with Crippen LogP contribution in [0.1, 0.15) is 5.56 Å². The van der Waals surface area contributed by atoms with Crippen molar-refractivity contribution in [1.29, 1.82) is 0 Å². The van der Waals surface area contributed by atoms with Crippen molar-refractivity contribution in [2.45, 2.75) is 6.92 Å². The Labute approximate surface area is 251 Å². The number of nitrogens with zero attached hydrogens (tertiary/aromatic N) is 1. The van der Waals surface area contributed by atoms with E-state index in [2.05, 4.69) is 151 Å². The van der Waals surface area contributed by atoms with Crippen LogP contribution in [0, 0.1) is 6.92 Å². The number of aromatic nitrogens is 1. The number of benzene rings is 7. The molecule has 0 fully saturated rings. The van der Waals surface area contributed by atoms with Crippen molar-refractivity contribution in [1.82, 2.24) is 4.98 Å². The van der Waals surface area contributed by atoms with Gasteiger partial charge in [-0.25, -0.2) is 0 Å². The highest BCUT2D eigenvalue weighted by atomic mass is 14.6. The number of aryl methyl sites for hydroxylation is 1. The van der Waals surface area contributed by atoms with E-state index in [0.29, 0.717) is 0 Å². The number of pyridine rings is 1. The average Bonchev–Trinajstić information content (AvgIpc) is 3.07. The summed E-state index contributed by atoms with van der Waals surface area (Å²) in [6.07, 6.45) is 3.72. The van der Waals surface area contributed by atoms with Crippen molar-refractivity contribution in [3.05, 3.63) is 164 Å². The molecule has 1 aromatic heterocycles. The maximum absolute atomic E-state index is 4.26. The first-order valence-electron chi connectivity index (χ1n) is 14.8. The second-order valence-electron chi connectivity index (χ2n) is 11.3. The molecular formula is C42H29N. The fourth-order valence-electron chi connectivity index (χ4n) is 6.52. The largest absolute Gasteiger partial charge is 0.264 e. The second kappa shape index (κ2) is 10.4. The van der Waals surface area contributed by atoms with Crippen molar-refractivity contribution >= 4 is 32.3 Å². The molecule has 8 rings (SSSR count). The van der Waals surface area contributed by atoms with Crippen LogP contribution < -0.4 is 0 Å². The van der Waals surface area contributed by atoms with E-state index in [9.17, 15) is 0 Å². The maximum Gasteiger partial charge on any atom is 0.0346 e. The van der Waals surface area contributed by atoms with Gasteiger partial charge < -0.3 is 0 Å². The van der Waals surface area contributed by atoms with Crippen molar-refractivity contribution < 1.29 is 0 Å². The molecule has 7 aromatic carbocycles. The molecule has 0 N–H and O–H groups in total. The summed E-state index contributed by atoms with van der Waals surface area (Å²) in [7, 11) is 0. The fourth-order valence-corrected chi connectivity index (χ4v) is 6.52. The third-order valence-corrected chi connectivity index (χ3v) is 8.58. The lowest BCUT2D eigenvalue weighted by Gasteiger charge is -2.18. The zero-order valence-electron chi connectivity index (χ0n) is 24.0. The summed E-state index contributed by atoms with van der Waals surface area (Å²) in [4.78, 5) is 4.26. The maximum atomic E-state index is 4.26. The molecular weight excluding hydrogens is 518 g/mol. The van der Waals surface area contributed by atoms with Crippen LogP contribution in [0.4, 0.5) is 0 Å². The summed E-state index contributed by atoms with van der Waals surface area (Å²) < 4.78 is 0. The van der Waals surface area contributed by atoms with Crippen LogP contribution in [-0.2, 0) is 0 Å². The van der Waals surface area contributed by atoms with Crippen molar-refractivity contribution in [2.24, 2.45) is 0 Å². The van der Waals surface area contributed by atoms with Gasteiger partial charge in [-0.3, -0.25) is 4.98 Å². The first-order chi connectivity index (χ1) is 21.2. The predicted molar refractivity (Wildman–Crippen MR) is 183 cm³/mol. The summed E-state index contributed by atoms with van der Waals surface area (Å²) in [5.41, 5.74) is 11.1. The molecule has 0 radical (unpaired) electrons. The molecule has 0 spiro atoms. The molecule has 43 heavy (non-hydrogen) atoms. The molecule has 1 heterocycles. The Balaban J connectivity index is 1.25. The van der Waals surface area contributed by atoms with E-state index < -0.39 is 0 Å². The molecule has 0 atom stereocenters. The molecule has 1 nitrogen and oxygen atoms in total. The van der Waals surface area contributed by atoms with Gasteiger partial charge in [0.25, 0.3) is 0 Å². The summed E-state index contributed by atoms with van der Waals surface area (Å²) in [5, 5.41) is 7.61. The standard InChI is InChI=1S/C42H29N/c1-28-8-6-9-34(24-28)41-37-11-2-4-13-39(37)42(40-14-5-3-12-38(40)41)35-22-21-32-25-31(19-20-33(32)26-35)29-15-17-30(18-16-29)36-10-7-23-43-27-36/h2-27H,1H3. The van der Waals surface area contributed by atoms with E-state index in [0.717, 1.165) is 5.56 Å². The molecule has 0 aliphatic rings. The Morgan fingerprint density at radius 2 is 0.860 bits per heavy atom. The molecule has 0 saturated heterocycles. The van der Waals surface area contributed by atoms with E-state index in [4.69, 9.17) is 0 Å². The average molecular weight is 548 g/mol. The summed E-state index contributed by atoms with van der Waals surface area (Å²) in [5.74, 6) is 0. The van der Waals surface area contributed by atoms with Crippen molar-refractivity contribution in [2.75, 3.05) is 0 Å². The Kier molecular flexibility index (Phi) is 6.09. The zero-order valence-corrected chi connectivity index (χ0v) is 24.0. The zero-order chi connectivity index (χ0) is 28.8. The first kappa shape index (κ1) is 25.2. The molecule has 0 bridgehead atoms. The van der Waals surface area contributed by atoms with Gasteiger partial charge in [-0.05, 0) is 102 Å². The molecule has 0 saturated carbocycles. The van der Waals surface area contributed by atoms with E-state index in [1.807, 2.05) is 18.5 Å². The van der Waals surface area contributed by atoms with E-state index in [1.165, 1.54) is 76.8 Å². The number of fused-ring (bicyclic) bond motifs is 3. The molecule has 8 aromatic rings. The molecule has 0 aliphatic carbocycles. The van der Waals surface area contributed by atoms with Gasteiger partial charge in [0.15, 0.2) is 0 Å². The SMILES string of the molecule is Cc1cccc(-c2c3ccccc3c(-c3ccc4cc(-c5ccc(-c6cccnc6)cc5)ccc4c3)c3ccccc23)c1. The van der Waals surface area contributed by atoms with Gasteiger partial charge in [-0.15, -0.1) is 0 Å². The minimum atomic E-state index is 1.13. The minimum absolute atomic E-state index is 1.13. The smallest absolute Gasteiger partial charge is 0.0346 e. The monoisotopic (exact) mass is 547 g/mol. The van der Waals surface area contributed by atoms with Gasteiger partial charge in [-0.1, -0.05) is 133 Å². The lowest BCUT2D eigenvalue weighted by molar-refractivity contribution is 1.33. The Morgan fingerprint density at radius 3 is 1.42 bits per heavy atom. The van der Waals surface area contributed by atoms with Crippen LogP contribution in [-0.4, -0.2) is 4.98 Å². The van der Waals surface area contributed by atoms with Crippen LogP contribution >= 0.6 is 0 Å². The third kappa shape index (κ3) is 4.47. The minimum Gasteiger partial charge on any atom is -0.264 e. The van der Waals surface area contributed by atoms with Crippen LogP contribution in [0.25, 0.3) is 76.8 Å². The Morgan fingerprint density at radius 1 is 0.372 bits per heavy atom. The van der Waals surface area contributed by atoms with E-state index in [-0.39, 0.29) is 0 Å². The topological polar surface area (TPSA) is 12.9 Å². The highest BCUT2D eigenvalue weighted by molar-refractivity contribution is 6.21. The first-order valence-corrected chi connectivity index (χ1v) is 14.8. The van der Waals surface area contributed by atoms with Gasteiger partial charge >= 0.3 is 0 Å². The van der Waals surface area contributed by atoms with Crippen LogP contribution in [0.2, 0.25) is 0 Å². The third-order valence-electron chi connectivity index (χ3n) is 8.58. The predicted octanol–water partition coefficient (Wildman–Crippen LogP) is 11.5. The summed E-state index contributed by atoms with van der Waals surface area (Å²) >= 11 is 0. The van der Waals surface area contributed by atoms with Crippen molar-refractivity contribution in [3.8, 4) is 44.5 Å². The van der Waals surface area contributed by atoms with Crippen molar-refractivity contribution in [3.63, 3.8) is 0 Å². The van der Waals surface area contributed by atoms with Gasteiger partial charge in [0.05, 0.1) is 0 Å². The molecule has 1 heteroatoms. The number of hydrogen-bond acceptors (Lipinski definition) is 1. The van der Waals surface area contributed by atoms with Gasteiger partial charge in [-0.2, -0.15) is 0 Å². The second-order valence-corrected chi connectivity index (χ2v) is 11.3. The molecule has 0 amide bonds. The number of hydrogen-bond donors (Lipinski definition) is 0. The van der Waals surface area contributed by atoms with Gasteiger partial charge in [0.1, 0.15) is 0 Å². The fraction of sp³-hybridized carbons (Fsp3) is 0.0238. The lowest BCUT2D eigenvalue weighted by Crippen LogP contribution is -1.91.